The summed E-state index contributed by atoms with van der Waals surface area (Å²) in [4.78, 5) is 35.8. The number of carbonyl (C=O) groups excluding carboxylic acids is 1. The highest BCUT2D eigenvalue weighted by molar-refractivity contribution is 6.30. The number of methoxy groups -OCH3 is 1. The fraction of sp³-hybridized carbons (Fsp3) is 0.450. The van der Waals surface area contributed by atoms with Crippen molar-refractivity contribution in [2.24, 2.45) is 0 Å². The lowest BCUT2D eigenvalue weighted by Gasteiger charge is -2.36. The van der Waals surface area contributed by atoms with Crippen LogP contribution in [0.2, 0.25) is 5.02 Å². The first kappa shape index (κ1) is 21.0. The van der Waals surface area contributed by atoms with E-state index in [-0.39, 0.29) is 11.6 Å². The molecule has 1 aromatic heterocycles. The molecule has 9 heteroatoms. The van der Waals surface area contributed by atoms with Gasteiger partial charge in [0, 0.05) is 43.4 Å². The van der Waals surface area contributed by atoms with Gasteiger partial charge in [0.25, 0.3) is 11.5 Å². The van der Waals surface area contributed by atoms with E-state index in [1.807, 2.05) is 30.9 Å². The number of anilines is 2. The second-order valence-corrected chi connectivity index (χ2v) is 7.46. The first-order valence-electron chi connectivity index (χ1n) is 9.66. The molecule has 1 atom stereocenters. The zero-order valence-corrected chi connectivity index (χ0v) is 17.6. The summed E-state index contributed by atoms with van der Waals surface area (Å²) in [7, 11) is 1.64. The van der Waals surface area contributed by atoms with Crippen LogP contribution >= 0.6 is 11.6 Å². The fourth-order valence-corrected chi connectivity index (χ4v) is 3.35. The van der Waals surface area contributed by atoms with Crippen LogP contribution in [0.4, 0.5) is 11.6 Å². The molecule has 29 heavy (non-hydrogen) atoms. The Bertz CT molecular complexity index is 925. The number of nitrogens with one attached hydrogen (secondary N) is 2. The SMILES string of the molecule is CCC(C)NC(=O)c1cnc(N2CCN(c3cc(Cl)ccc3OC)CC2)[nH]c1=O. The van der Waals surface area contributed by atoms with Gasteiger partial charge in [0.2, 0.25) is 5.95 Å². The minimum absolute atomic E-state index is 0.00173. The molecule has 3 rings (SSSR count). The van der Waals surface area contributed by atoms with Crippen molar-refractivity contribution in [1.82, 2.24) is 15.3 Å². The van der Waals surface area contributed by atoms with Crippen molar-refractivity contribution in [3.8, 4) is 5.75 Å². The van der Waals surface area contributed by atoms with Gasteiger partial charge in [-0.3, -0.25) is 14.6 Å². The van der Waals surface area contributed by atoms with Crippen molar-refractivity contribution in [1.29, 1.82) is 0 Å². The van der Waals surface area contributed by atoms with E-state index < -0.39 is 11.5 Å². The van der Waals surface area contributed by atoms with E-state index in [2.05, 4.69) is 20.2 Å². The van der Waals surface area contributed by atoms with Crippen molar-refractivity contribution in [3.05, 3.63) is 45.3 Å². The predicted octanol–water partition coefficient (Wildman–Crippen LogP) is 2.29. The number of carbonyl (C=O) groups is 1. The molecule has 1 unspecified atom stereocenters. The maximum absolute atomic E-state index is 12.4. The molecular formula is C20H26ClN5O3. The third-order valence-electron chi connectivity index (χ3n) is 5.08. The van der Waals surface area contributed by atoms with Gasteiger partial charge < -0.3 is 19.9 Å². The third kappa shape index (κ3) is 4.82. The molecule has 1 aliphatic rings. The summed E-state index contributed by atoms with van der Waals surface area (Å²) in [6, 6.07) is 5.54. The number of amides is 1. The van der Waals surface area contributed by atoms with E-state index in [0.29, 0.717) is 24.1 Å². The molecule has 8 nitrogen and oxygen atoms in total. The summed E-state index contributed by atoms with van der Waals surface area (Å²) in [5.74, 6) is 0.830. The maximum Gasteiger partial charge on any atom is 0.265 e. The van der Waals surface area contributed by atoms with Crippen LogP contribution in [0, 0.1) is 0 Å². The second kappa shape index (κ2) is 9.17. The zero-order chi connectivity index (χ0) is 21.0. The molecule has 1 aromatic carbocycles. The molecule has 1 amide bonds. The Hall–Kier alpha value is -2.74. The van der Waals surface area contributed by atoms with Crippen molar-refractivity contribution in [2.75, 3.05) is 43.1 Å². The molecule has 2 N–H and O–H groups in total. The number of hydrogen-bond acceptors (Lipinski definition) is 6. The van der Waals surface area contributed by atoms with Crippen LogP contribution in [0.15, 0.2) is 29.2 Å². The van der Waals surface area contributed by atoms with Crippen LogP contribution in [-0.2, 0) is 0 Å². The molecule has 2 heterocycles. The molecule has 1 saturated heterocycles. The number of aromatic amines is 1. The Labute approximate surface area is 174 Å². The van der Waals surface area contributed by atoms with E-state index in [1.54, 1.807) is 13.2 Å². The minimum Gasteiger partial charge on any atom is -0.495 e. The lowest BCUT2D eigenvalue weighted by Crippen LogP contribution is -2.47. The van der Waals surface area contributed by atoms with Crippen LogP contribution < -0.4 is 25.4 Å². The van der Waals surface area contributed by atoms with Gasteiger partial charge in [0.15, 0.2) is 0 Å². The number of rotatable bonds is 6. The molecule has 0 aliphatic carbocycles. The van der Waals surface area contributed by atoms with Gasteiger partial charge >= 0.3 is 0 Å². The van der Waals surface area contributed by atoms with E-state index in [0.717, 1.165) is 30.9 Å². The topological polar surface area (TPSA) is 90.6 Å². The standard InChI is InChI=1S/C20H26ClN5O3/c1-4-13(2)23-18(27)15-12-22-20(24-19(15)28)26-9-7-25(8-10-26)16-11-14(21)5-6-17(16)29-3/h5-6,11-13H,4,7-10H2,1-3H3,(H,23,27)(H,22,24,28). The van der Waals surface area contributed by atoms with Crippen molar-refractivity contribution in [3.63, 3.8) is 0 Å². The lowest BCUT2D eigenvalue weighted by molar-refractivity contribution is 0.0937. The van der Waals surface area contributed by atoms with Crippen LogP contribution in [-0.4, -0.2) is 55.2 Å². The van der Waals surface area contributed by atoms with Crippen LogP contribution in [0.5, 0.6) is 5.75 Å². The summed E-state index contributed by atoms with van der Waals surface area (Å²) in [5, 5.41) is 3.44. The lowest BCUT2D eigenvalue weighted by atomic mass is 10.2. The van der Waals surface area contributed by atoms with Gasteiger partial charge in [-0.05, 0) is 31.5 Å². The Morgan fingerprint density at radius 1 is 1.31 bits per heavy atom. The smallest absolute Gasteiger partial charge is 0.265 e. The van der Waals surface area contributed by atoms with E-state index >= 15 is 0 Å². The average Bonchev–Trinajstić information content (AvgIpc) is 2.73. The van der Waals surface area contributed by atoms with Gasteiger partial charge in [-0.1, -0.05) is 18.5 Å². The van der Waals surface area contributed by atoms with Gasteiger partial charge in [-0.15, -0.1) is 0 Å². The van der Waals surface area contributed by atoms with E-state index in [9.17, 15) is 9.59 Å². The quantitative estimate of drug-likeness (QED) is 0.746. The number of aromatic nitrogens is 2. The second-order valence-electron chi connectivity index (χ2n) is 7.02. The van der Waals surface area contributed by atoms with Crippen molar-refractivity contribution in [2.45, 2.75) is 26.3 Å². The highest BCUT2D eigenvalue weighted by atomic mass is 35.5. The molecule has 0 bridgehead atoms. The average molecular weight is 420 g/mol. The number of hydrogen-bond donors (Lipinski definition) is 2. The van der Waals surface area contributed by atoms with Gasteiger partial charge in [-0.2, -0.15) is 0 Å². The summed E-state index contributed by atoms with van der Waals surface area (Å²) < 4.78 is 5.44. The maximum atomic E-state index is 12.4. The van der Waals surface area contributed by atoms with Gasteiger partial charge in [-0.25, -0.2) is 4.98 Å². The van der Waals surface area contributed by atoms with Crippen LogP contribution in [0.1, 0.15) is 30.6 Å². The highest BCUT2D eigenvalue weighted by Gasteiger charge is 2.22. The Kier molecular flexibility index (Phi) is 6.64. The normalized spacial score (nSPS) is 15.2. The van der Waals surface area contributed by atoms with Crippen LogP contribution in [0.3, 0.4) is 0 Å². The Morgan fingerprint density at radius 3 is 2.62 bits per heavy atom. The summed E-state index contributed by atoms with van der Waals surface area (Å²) in [6.45, 7) is 6.62. The molecule has 0 radical (unpaired) electrons. The van der Waals surface area contributed by atoms with Crippen LogP contribution in [0.25, 0.3) is 0 Å². The number of piperazine rings is 1. The van der Waals surface area contributed by atoms with Gasteiger partial charge in [0.05, 0.1) is 12.8 Å². The fourth-order valence-electron chi connectivity index (χ4n) is 3.18. The largest absolute Gasteiger partial charge is 0.495 e. The van der Waals surface area contributed by atoms with Gasteiger partial charge in [0.1, 0.15) is 11.3 Å². The summed E-state index contributed by atoms with van der Waals surface area (Å²) >= 11 is 6.14. The number of nitrogens with zero attached hydrogens (tertiary/aromatic N) is 3. The summed E-state index contributed by atoms with van der Waals surface area (Å²) in [5.41, 5.74) is 0.532. The number of halogens is 1. The van der Waals surface area contributed by atoms with E-state index in [4.69, 9.17) is 16.3 Å². The summed E-state index contributed by atoms with van der Waals surface area (Å²) in [6.07, 6.45) is 2.13. The molecule has 2 aromatic rings. The zero-order valence-electron chi connectivity index (χ0n) is 16.9. The van der Waals surface area contributed by atoms with E-state index in [1.165, 1.54) is 6.20 Å². The Morgan fingerprint density at radius 2 is 2.00 bits per heavy atom. The first-order chi connectivity index (χ1) is 13.9. The number of ether oxygens (including phenoxy) is 1. The molecule has 0 saturated carbocycles. The monoisotopic (exact) mass is 419 g/mol. The minimum atomic E-state index is -0.435. The molecule has 0 spiro atoms. The molecule has 1 fully saturated rings. The first-order valence-corrected chi connectivity index (χ1v) is 10.0. The predicted molar refractivity (Wildman–Crippen MR) is 115 cm³/mol. The third-order valence-corrected chi connectivity index (χ3v) is 5.32. The highest BCUT2D eigenvalue weighted by Crippen LogP contribution is 2.32. The number of H-pyrrole nitrogens is 1. The van der Waals surface area contributed by atoms with Crippen molar-refractivity contribution >= 4 is 29.1 Å². The van der Waals surface area contributed by atoms with Crippen molar-refractivity contribution < 1.29 is 9.53 Å². The molecular weight excluding hydrogens is 394 g/mol. The number of benzene rings is 1. The molecule has 156 valence electrons. The molecule has 1 aliphatic heterocycles. The Balaban J connectivity index is 1.68.